The Kier molecular flexibility index (Phi) is 4.51. The summed E-state index contributed by atoms with van der Waals surface area (Å²) in [6.45, 7) is 4.67. The molecule has 0 N–H and O–H groups in total. The SMILES string of the molecule is CCCCOc1c(CCC)cc(F)c2oc3c(F)cccc3c12. The first-order valence-corrected chi connectivity index (χ1v) is 8.12. The van der Waals surface area contributed by atoms with Crippen LogP contribution in [-0.2, 0) is 6.42 Å². The van der Waals surface area contributed by atoms with Crippen LogP contribution in [-0.4, -0.2) is 6.61 Å². The molecule has 0 aliphatic rings. The predicted molar refractivity (Wildman–Crippen MR) is 88.0 cm³/mol. The number of para-hydroxylation sites is 1. The van der Waals surface area contributed by atoms with Crippen LogP contribution < -0.4 is 4.74 Å². The minimum absolute atomic E-state index is 0.0662. The lowest BCUT2D eigenvalue weighted by Gasteiger charge is -2.12. The third-order valence-electron chi connectivity index (χ3n) is 3.97. The Balaban J connectivity index is 2.29. The molecule has 0 atom stereocenters. The normalized spacial score (nSPS) is 11.5. The van der Waals surface area contributed by atoms with Gasteiger partial charge in [-0.1, -0.05) is 38.8 Å². The number of furan rings is 1. The molecule has 0 aliphatic carbocycles. The van der Waals surface area contributed by atoms with Gasteiger partial charge in [-0.05, 0) is 30.5 Å². The van der Waals surface area contributed by atoms with E-state index in [1.54, 1.807) is 12.1 Å². The fourth-order valence-electron chi connectivity index (χ4n) is 2.86. The molecule has 23 heavy (non-hydrogen) atoms. The summed E-state index contributed by atoms with van der Waals surface area (Å²) in [4.78, 5) is 0. The van der Waals surface area contributed by atoms with E-state index in [4.69, 9.17) is 9.15 Å². The van der Waals surface area contributed by atoms with E-state index < -0.39 is 11.6 Å². The summed E-state index contributed by atoms with van der Waals surface area (Å²) in [6.07, 6.45) is 3.50. The molecule has 0 radical (unpaired) electrons. The van der Waals surface area contributed by atoms with Gasteiger partial charge in [-0.3, -0.25) is 0 Å². The van der Waals surface area contributed by atoms with E-state index >= 15 is 0 Å². The number of benzene rings is 2. The first kappa shape index (κ1) is 15.8. The fourth-order valence-corrected chi connectivity index (χ4v) is 2.86. The first-order chi connectivity index (χ1) is 11.2. The second-order valence-electron chi connectivity index (χ2n) is 5.72. The van der Waals surface area contributed by atoms with Gasteiger partial charge in [0.2, 0.25) is 0 Å². The van der Waals surface area contributed by atoms with E-state index in [1.807, 2.05) is 6.92 Å². The number of hydrogen-bond acceptors (Lipinski definition) is 2. The summed E-state index contributed by atoms with van der Waals surface area (Å²) in [5.74, 6) is -0.336. The zero-order chi connectivity index (χ0) is 16.4. The molecule has 0 bridgehead atoms. The molecule has 4 heteroatoms. The Hall–Kier alpha value is -2.10. The van der Waals surface area contributed by atoms with Crippen molar-refractivity contribution in [3.63, 3.8) is 0 Å². The molecule has 3 aromatic rings. The molecule has 122 valence electrons. The smallest absolute Gasteiger partial charge is 0.174 e. The summed E-state index contributed by atoms with van der Waals surface area (Å²) in [5, 5.41) is 1.10. The highest BCUT2D eigenvalue weighted by molar-refractivity contribution is 6.09. The number of ether oxygens (including phenoxy) is 1. The summed E-state index contributed by atoms with van der Waals surface area (Å²) >= 11 is 0. The Labute approximate surface area is 134 Å². The van der Waals surface area contributed by atoms with E-state index in [1.165, 1.54) is 12.1 Å². The van der Waals surface area contributed by atoms with Crippen LogP contribution in [0.1, 0.15) is 38.7 Å². The van der Waals surface area contributed by atoms with E-state index in [9.17, 15) is 8.78 Å². The molecule has 1 aromatic heterocycles. The summed E-state index contributed by atoms with van der Waals surface area (Å²) < 4.78 is 39.8. The van der Waals surface area contributed by atoms with Gasteiger partial charge in [0.25, 0.3) is 0 Å². The van der Waals surface area contributed by atoms with Gasteiger partial charge in [0, 0.05) is 5.39 Å². The first-order valence-electron chi connectivity index (χ1n) is 8.12. The molecule has 2 aromatic carbocycles. The number of hydrogen-bond donors (Lipinski definition) is 0. The average Bonchev–Trinajstić information content (AvgIpc) is 2.92. The maximum atomic E-state index is 14.4. The fraction of sp³-hybridized carbons (Fsp3) is 0.368. The van der Waals surface area contributed by atoms with Crippen LogP contribution in [0, 0.1) is 11.6 Å². The highest BCUT2D eigenvalue weighted by Crippen LogP contribution is 2.40. The Morgan fingerprint density at radius 1 is 1.04 bits per heavy atom. The Morgan fingerprint density at radius 2 is 1.87 bits per heavy atom. The maximum absolute atomic E-state index is 14.4. The van der Waals surface area contributed by atoms with Gasteiger partial charge in [-0.15, -0.1) is 0 Å². The van der Waals surface area contributed by atoms with E-state index in [-0.39, 0.29) is 11.2 Å². The van der Waals surface area contributed by atoms with Crippen molar-refractivity contribution in [1.82, 2.24) is 0 Å². The minimum Gasteiger partial charge on any atom is -0.493 e. The van der Waals surface area contributed by atoms with Crippen LogP contribution in [0.4, 0.5) is 8.78 Å². The van der Waals surface area contributed by atoms with E-state index in [2.05, 4.69) is 6.92 Å². The molecule has 0 spiro atoms. The van der Waals surface area contributed by atoms with Gasteiger partial charge in [-0.2, -0.15) is 0 Å². The van der Waals surface area contributed by atoms with Crippen molar-refractivity contribution in [2.24, 2.45) is 0 Å². The number of halogens is 2. The number of unbranched alkanes of at least 4 members (excludes halogenated alkanes) is 1. The molecule has 1 heterocycles. The number of aryl methyl sites for hydroxylation is 1. The molecule has 3 rings (SSSR count). The van der Waals surface area contributed by atoms with Crippen molar-refractivity contribution in [2.45, 2.75) is 39.5 Å². The second kappa shape index (κ2) is 6.57. The predicted octanol–water partition coefficient (Wildman–Crippen LogP) is 6.00. The van der Waals surface area contributed by atoms with Gasteiger partial charge in [-0.25, -0.2) is 8.78 Å². The standard InChI is InChI=1S/C19H20F2O2/c1-3-5-10-22-17-12(7-4-2)11-15(21)19-16(17)13-8-6-9-14(20)18(13)23-19/h6,8-9,11H,3-5,7,10H2,1-2H3. The van der Waals surface area contributed by atoms with Crippen molar-refractivity contribution in [3.05, 3.63) is 41.5 Å². The zero-order valence-corrected chi connectivity index (χ0v) is 13.4. The molecule has 0 saturated heterocycles. The molecule has 0 unspecified atom stereocenters. The quantitative estimate of drug-likeness (QED) is 0.520. The number of rotatable bonds is 6. The second-order valence-corrected chi connectivity index (χ2v) is 5.72. The summed E-state index contributed by atoms with van der Waals surface area (Å²) in [7, 11) is 0. The van der Waals surface area contributed by atoms with Crippen LogP contribution in [0.25, 0.3) is 21.9 Å². The van der Waals surface area contributed by atoms with Crippen molar-refractivity contribution in [2.75, 3.05) is 6.61 Å². The van der Waals surface area contributed by atoms with Gasteiger partial charge >= 0.3 is 0 Å². The highest BCUT2D eigenvalue weighted by Gasteiger charge is 2.21. The molecule has 0 fully saturated rings. The van der Waals surface area contributed by atoms with Crippen molar-refractivity contribution in [3.8, 4) is 5.75 Å². The molecule has 2 nitrogen and oxygen atoms in total. The van der Waals surface area contributed by atoms with Crippen LogP contribution >= 0.6 is 0 Å². The Bertz CT molecular complexity index is 836. The van der Waals surface area contributed by atoms with Gasteiger partial charge in [0.05, 0.1) is 12.0 Å². The highest BCUT2D eigenvalue weighted by atomic mass is 19.1. The minimum atomic E-state index is -0.491. The van der Waals surface area contributed by atoms with Gasteiger partial charge in [0.1, 0.15) is 5.75 Å². The third kappa shape index (κ3) is 2.78. The largest absolute Gasteiger partial charge is 0.493 e. The van der Waals surface area contributed by atoms with Crippen molar-refractivity contribution in [1.29, 1.82) is 0 Å². The Morgan fingerprint density at radius 3 is 2.61 bits per heavy atom. The molecule has 0 aliphatic heterocycles. The lowest BCUT2D eigenvalue weighted by atomic mass is 10.0. The monoisotopic (exact) mass is 318 g/mol. The van der Waals surface area contributed by atoms with E-state index in [0.717, 1.165) is 24.8 Å². The average molecular weight is 318 g/mol. The van der Waals surface area contributed by atoms with Crippen LogP contribution in [0.2, 0.25) is 0 Å². The third-order valence-corrected chi connectivity index (χ3v) is 3.97. The topological polar surface area (TPSA) is 22.4 Å². The maximum Gasteiger partial charge on any atom is 0.174 e. The van der Waals surface area contributed by atoms with Gasteiger partial charge in [0.15, 0.2) is 22.8 Å². The zero-order valence-electron chi connectivity index (χ0n) is 13.4. The van der Waals surface area contributed by atoms with E-state index in [0.29, 0.717) is 29.5 Å². The van der Waals surface area contributed by atoms with Gasteiger partial charge < -0.3 is 9.15 Å². The van der Waals surface area contributed by atoms with Crippen LogP contribution in [0.5, 0.6) is 5.75 Å². The van der Waals surface area contributed by atoms with Crippen molar-refractivity contribution < 1.29 is 17.9 Å². The lowest BCUT2D eigenvalue weighted by Crippen LogP contribution is -2.01. The van der Waals surface area contributed by atoms with Crippen LogP contribution in [0.3, 0.4) is 0 Å². The van der Waals surface area contributed by atoms with Crippen molar-refractivity contribution >= 4 is 21.9 Å². The molecular formula is C19H20F2O2. The summed E-state index contributed by atoms with van der Waals surface area (Å²) in [5.41, 5.74) is 0.951. The lowest BCUT2D eigenvalue weighted by molar-refractivity contribution is 0.309. The molecular weight excluding hydrogens is 298 g/mol. The van der Waals surface area contributed by atoms with Crippen LogP contribution in [0.15, 0.2) is 28.7 Å². The molecule has 0 saturated carbocycles. The molecule has 0 amide bonds. The summed E-state index contributed by atoms with van der Waals surface area (Å²) in [6, 6.07) is 6.11. The number of fused-ring (bicyclic) bond motifs is 3.